The van der Waals surface area contributed by atoms with Crippen LogP contribution in [0.3, 0.4) is 0 Å². The summed E-state index contributed by atoms with van der Waals surface area (Å²) in [5.41, 5.74) is 0. The minimum Gasteiger partial charge on any atom is -0.340 e. The van der Waals surface area contributed by atoms with Crippen LogP contribution >= 0.6 is 0 Å². The predicted octanol–water partition coefficient (Wildman–Crippen LogP) is 3.06. The SMILES string of the molecule is CC.Cc1nc(C2CCCC2)no1. The van der Waals surface area contributed by atoms with Crippen molar-refractivity contribution in [2.24, 2.45) is 0 Å². The summed E-state index contributed by atoms with van der Waals surface area (Å²) in [5, 5.41) is 3.91. The van der Waals surface area contributed by atoms with Crippen LogP contribution in [0.2, 0.25) is 0 Å². The molecule has 0 atom stereocenters. The molecule has 13 heavy (non-hydrogen) atoms. The van der Waals surface area contributed by atoms with Crippen molar-refractivity contribution in [3.63, 3.8) is 0 Å². The van der Waals surface area contributed by atoms with E-state index >= 15 is 0 Å². The monoisotopic (exact) mass is 182 g/mol. The van der Waals surface area contributed by atoms with Crippen LogP contribution in [-0.4, -0.2) is 10.1 Å². The Bertz CT molecular complexity index is 239. The van der Waals surface area contributed by atoms with Crippen molar-refractivity contribution >= 4 is 0 Å². The van der Waals surface area contributed by atoms with Crippen molar-refractivity contribution in [2.45, 2.75) is 52.4 Å². The molecule has 0 saturated heterocycles. The molecule has 1 saturated carbocycles. The lowest BCUT2D eigenvalue weighted by Crippen LogP contribution is -1.94. The van der Waals surface area contributed by atoms with Gasteiger partial charge in [0.2, 0.25) is 5.89 Å². The molecule has 1 fully saturated rings. The molecule has 0 unspecified atom stereocenters. The highest BCUT2D eigenvalue weighted by Gasteiger charge is 2.21. The second-order valence-corrected chi connectivity index (χ2v) is 3.15. The standard InChI is InChI=1S/C8H12N2O.C2H6/c1-6-9-8(10-11-6)7-4-2-3-5-7;1-2/h7H,2-5H2,1H3;1-2H3. The third-order valence-corrected chi connectivity index (χ3v) is 2.26. The highest BCUT2D eigenvalue weighted by molar-refractivity contribution is 4.96. The molecule has 3 heteroatoms. The summed E-state index contributed by atoms with van der Waals surface area (Å²) in [6.07, 6.45) is 5.11. The van der Waals surface area contributed by atoms with Gasteiger partial charge in [-0.25, -0.2) is 0 Å². The van der Waals surface area contributed by atoms with Gasteiger partial charge in [-0.3, -0.25) is 0 Å². The Morgan fingerprint density at radius 2 is 1.85 bits per heavy atom. The Morgan fingerprint density at radius 3 is 2.31 bits per heavy atom. The summed E-state index contributed by atoms with van der Waals surface area (Å²) in [6.45, 7) is 5.84. The van der Waals surface area contributed by atoms with Crippen LogP contribution in [0, 0.1) is 6.92 Å². The van der Waals surface area contributed by atoms with Crippen LogP contribution in [0.1, 0.15) is 57.2 Å². The van der Waals surface area contributed by atoms with Gasteiger partial charge < -0.3 is 4.52 Å². The summed E-state index contributed by atoms with van der Waals surface area (Å²) >= 11 is 0. The molecule has 1 heterocycles. The normalized spacial score (nSPS) is 16.8. The molecule has 0 amide bonds. The molecular formula is C10H18N2O. The Morgan fingerprint density at radius 1 is 1.23 bits per heavy atom. The van der Waals surface area contributed by atoms with Crippen LogP contribution in [-0.2, 0) is 0 Å². The van der Waals surface area contributed by atoms with E-state index in [9.17, 15) is 0 Å². The van der Waals surface area contributed by atoms with E-state index in [0.717, 1.165) is 5.82 Å². The lowest BCUT2D eigenvalue weighted by molar-refractivity contribution is 0.383. The third kappa shape index (κ3) is 2.54. The van der Waals surface area contributed by atoms with Crippen LogP contribution in [0.15, 0.2) is 4.52 Å². The maximum Gasteiger partial charge on any atom is 0.223 e. The van der Waals surface area contributed by atoms with Gasteiger partial charge in [-0.05, 0) is 12.8 Å². The zero-order valence-corrected chi connectivity index (χ0v) is 8.71. The van der Waals surface area contributed by atoms with Gasteiger partial charge in [-0.2, -0.15) is 4.98 Å². The Kier molecular flexibility index (Phi) is 3.93. The molecule has 0 aliphatic heterocycles. The lowest BCUT2D eigenvalue weighted by Gasteiger charge is -1.98. The molecule has 0 aromatic carbocycles. The average Bonchev–Trinajstić information content (AvgIpc) is 2.77. The van der Waals surface area contributed by atoms with E-state index in [1.807, 2.05) is 20.8 Å². The van der Waals surface area contributed by atoms with Crippen LogP contribution in [0.5, 0.6) is 0 Å². The number of aryl methyl sites for hydroxylation is 1. The first kappa shape index (κ1) is 10.2. The summed E-state index contributed by atoms with van der Waals surface area (Å²) in [6, 6.07) is 0. The summed E-state index contributed by atoms with van der Waals surface area (Å²) in [4.78, 5) is 4.21. The molecule has 3 nitrogen and oxygen atoms in total. The van der Waals surface area contributed by atoms with E-state index in [2.05, 4.69) is 10.1 Å². The van der Waals surface area contributed by atoms with Crippen LogP contribution in [0.4, 0.5) is 0 Å². The first-order valence-corrected chi connectivity index (χ1v) is 5.16. The summed E-state index contributed by atoms with van der Waals surface area (Å²) < 4.78 is 4.92. The van der Waals surface area contributed by atoms with Gasteiger partial charge in [0.25, 0.3) is 0 Å². The fourth-order valence-electron chi connectivity index (χ4n) is 1.66. The number of aromatic nitrogens is 2. The van der Waals surface area contributed by atoms with Gasteiger partial charge in [0.05, 0.1) is 0 Å². The van der Waals surface area contributed by atoms with Gasteiger partial charge in [0.15, 0.2) is 5.82 Å². The fourth-order valence-corrected chi connectivity index (χ4v) is 1.66. The van der Waals surface area contributed by atoms with Crippen LogP contribution in [0.25, 0.3) is 0 Å². The van der Waals surface area contributed by atoms with Crippen molar-refractivity contribution < 1.29 is 4.52 Å². The number of hydrogen-bond acceptors (Lipinski definition) is 3. The first-order chi connectivity index (χ1) is 6.36. The average molecular weight is 182 g/mol. The molecule has 2 rings (SSSR count). The van der Waals surface area contributed by atoms with Crippen LogP contribution < -0.4 is 0 Å². The van der Waals surface area contributed by atoms with E-state index in [1.165, 1.54) is 25.7 Å². The molecular weight excluding hydrogens is 164 g/mol. The smallest absolute Gasteiger partial charge is 0.223 e. The Labute approximate surface area is 79.5 Å². The lowest BCUT2D eigenvalue weighted by atomic mass is 10.1. The van der Waals surface area contributed by atoms with Gasteiger partial charge in [0.1, 0.15) is 0 Å². The first-order valence-electron chi connectivity index (χ1n) is 5.16. The van der Waals surface area contributed by atoms with Crippen molar-refractivity contribution in [3.8, 4) is 0 Å². The van der Waals surface area contributed by atoms with Crippen molar-refractivity contribution in [3.05, 3.63) is 11.7 Å². The second kappa shape index (κ2) is 5.00. The van der Waals surface area contributed by atoms with E-state index in [1.54, 1.807) is 0 Å². The largest absolute Gasteiger partial charge is 0.340 e. The maximum atomic E-state index is 4.92. The minimum absolute atomic E-state index is 0.576. The van der Waals surface area contributed by atoms with E-state index in [4.69, 9.17) is 4.52 Å². The van der Waals surface area contributed by atoms with Gasteiger partial charge in [0, 0.05) is 12.8 Å². The van der Waals surface area contributed by atoms with Gasteiger partial charge >= 0.3 is 0 Å². The second-order valence-electron chi connectivity index (χ2n) is 3.15. The molecule has 74 valence electrons. The zero-order chi connectivity index (χ0) is 9.68. The highest BCUT2D eigenvalue weighted by Crippen LogP contribution is 2.31. The van der Waals surface area contributed by atoms with Crippen molar-refractivity contribution in [1.82, 2.24) is 10.1 Å². The molecule has 1 aromatic heterocycles. The van der Waals surface area contributed by atoms with Crippen molar-refractivity contribution in [1.29, 1.82) is 0 Å². The summed E-state index contributed by atoms with van der Waals surface area (Å²) in [7, 11) is 0. The molecule has 0 N–H and O–H groups in total. The Balaban J connectivity index is 0.000000396. The zero-order valence-electron chi connectivity index (χ0n) is 8.71. The number of nitrogens with zero attached hydrogens (tertiary/aromatic N) is 2. The molecule has 0 radical (unpaired) electrons. The highest BCUT2D eigenvalue weighted by atomic mass is 16.5. The predicted molar refractivity (Wildman–Crippen MR) is 51.6 cm³/mol. The van der Waals surface area contributed by atoms with E-state index in [0.29, 0.717) is 11.8 Å². The minimum atomic E-state index is 0.576. The fraction of sp³-hybridized carbons (Fsp3) is 0.800. The molecule has 1 aromatic rings. The molecule has 1 aliphatic carbocycles. The summed E-state index contributed by atoms with van der Waals surface area (Å²) in [5.74, 6) is 2.18. The third-order valence-electron chi connectivity index (χ3n) is 2.26. The molecule has 0 bridgehead atoms. The quantitative estimate of drug-likeness (QED) is 0.670. The topological polar surface area (TPSA) is 38.9 Å². The number of hydrogen-bond donors (Lipinski definition) is 0. The van der Waals surface area contributed by atoms with Crippen molar-refractivity contribution in [2.75, 3.05) is 0 Å². The molecule has 0 spiro atoms. The Hall–Kier alpha value is -0.860. The van der Waals surface area contributed by atoms with Gasteiger partial charge in [-0.1, -0.05) is 31.8 Å². The van der Waals surface area contributed by atoms with E-state index < -0.39 is 0 Å². The van der Waals surface area contributed by atoms with E-state index in [-0.39, 0.29) is 0 Å². The van der Waals surface area contributed by atoms with Gasteiger partial charge in [-0.15, -0.1) is 0 Å². The molecule has 1 aliphatic rings. The maximum absolute atomic E-state index is 4.92. The number of rotatable bonds is 1.